The van der Waals surface area contributed by atoms with Crippen LogP contribution in [0.1, 0.15) is 51.3 Å². The van der Waals surface area contributed by atoms with Gasteiger partial charge in [0.05, 0.1) is 24.5 Å². The van der Waals surface area contributed by atoms with Gasteiger partial charge >= 0.3 is 6.09 Å². The maximum Gasteiger partial charge on any atom is 0.410 e. The predicted molar refractivity (Wildman–Crippen MR) is 109 cm³/mol. The molecule has 3 rings (SSSR count). The van der Waals surface area contributed by atoms with Crippen molar-refractivity contribution < 1.29 is 27.8 Å². The maximum atomic E-state index is 13.9. The van der Waals surface area contributed by atoms with Crippen LogP contribution < -0.4 is 0 Å². The van der Waals surface area contributed by atoms with E-state index in [0.717, 1.165) is 18.2 Å². The van der Waals surface area contributed by atoms with Gasteiger partial charge in [0, 0.05) is 30.3 Å². The van der Waals surface area contributed by atoms with E-state index in [1.807, 2.05) is 0 Å². The highest BCUT2D eigenvalue weighted by Crippen LogP contribution is 2.32. The van der Waals surface area contributed by atoms with Gasteiger partial charge in [0.2, 0.25) is 0 Å². The van der Waals surface area contributed by atoms with Crippen LogP contribution in [0.2, 0.25) is 0 Å². The molecule has 31 heavy (non-hydrogen) atoms. The van der Waals surface area contributed by atoms with Crippen molar-refractivity contribution in [2.75, 3.05) is 0 Å². The summed E-state index contributed by atoms with van der Waals surface area (Å²) in [5, 5.41) is 14.4. The van der Waals surface area contributed by atoms with Crippen molar-refractivity contribution in [2.45, 2.75) is 71.0 Å². The first kappa shape index (κ1) is 23.1. The molecule has 0 spiro atoms. The molecule has 2 atom stereocenters. The van der Waals surface area contributed by atoms with Gasteiger partial charge in [-0.25, -0.2) is 18.0 Å². The van der Waals surface area contributed by atoms with E-state index in [4.69, 9.17) is 4.74 Å². The summed E-state index contributed by atoms with van der Waals surface area (Å²) in [7, 11) is 1.59. The van der Waals surface area contributed by atoms with Crippen LogP contribution in [0, 0.1) is 11.6 Å². The number of hydrogen-bond acceptors (Lipinski definition) is 4. The van der Waals surface area contributed by atoms with E-state index in [0.29, 0.717) is 29.8 Å². The minimum absolute atomic E-state index is 0.0200. The van der Waals surface area contributed by atoms with Gasteiger partial charge in [-0.3, -0.25) is 9.58 Å². The van der Waals surface area contributed by atoms with Crippen molar-refractivity contribution in [3.63, 3.8) is 0 Å². The van der Waals surface area contributed by atoms with Crippen LogP contribution in [0.3, 0.4) is 0 Å². The summed E-state index contributed by atoms with van der Waals surface area (Å²) in [6.45, 7) is 4.76. The summed E-state index contributed by atoms with van der Waals surface area (Å²) in [6, 6.07) is 2.70. The van der Waals surface area contributed by atoms with Gasteiger partial charge in [0.25, 0.3) is 0 Å². The van der Waals surface area contributed by atoms with E-state index in [9.17, 15) is 23.1 Å². The van der Waals surface area contributed by atoms with Gasteiger partial charge < -0.3 is 9.84 Å². The lowest BCUT2D eigenvalue weighted by Gasteiger charge is -2.31. The van der Waals surface area contributed by atoms with E-state index in [1.165, 1.54) is 9.58 Å². The topological polar surface area (TPSA) is 67.6 Å². The van der Waals surface area contributed by atoms with Crippen LogP contribution in [0.25, 0.3) is 11.3 Å². The Bertz CT molecular complexity index is 935. The zero-order chi connectivity index (χ0) is 22.9. The van der Waals surface area contributed by atoms with Gasteiger partial charge in [0.1, 0.15) is 23.4 Å². The summed E-state index contributed by atoms with van der Waals surface area (Å²) in [6.07, 6.45) is -0.555. The number of benzene rings is 1. The third-order valence-electron chi connectivity index (χ3n) is 5.25. The molecule has 2 aromatic rings. The molecule has 1 fully saturated rings. The Balaban J connectivity index is 1.98. The first-order chi connectivity index (χ1) is 14.5. The number of carbonyl (C=O) groups is 1. The molecule has 1 heterocycles. The Kier molecular flexibility index (Phi) is 6.64. The van der Waals surface area contributed by atoms with Crippen molar-refractivity contribution in [3.8, 4) is 11.3 Å². The number of carbonyl (C=O) groups excluding carboxylic acids is 1. The fraction of sp³-hybridized carbons (Fsp3) is 0.545. The molecule has 0 saturated heterocycles. The number of aryl methyl sites for hydroxylation is 1. The van der Waals surface area contributed by atoms with Crippen molar-refractivity contribution in [1.82, 2.24) is 14.7 Å². The third-order valence-corrected chi connectivity index (χ3v) is 5.25. The largest absolute Gasteiger partial charge is 0.444 e. The Hall–Kier alpha value is -2.55. The molecule has 1 N–H and O–H groups in total. The Morgan fingerprint density at radius 1 is 1.26 bits per heavy atom. The van der Waals surface area contributed by atoms with Gasteiger partial charge in [0.15, 0.2) is 0 Å². The van der Waals surface area contributed by atoms with E-state index in [2.05, 4.69) is 5.10 Å². The quantitative estimate of drug-likeness (QED) is 0.746. The van der Waals surface area contributed by atoms with Crippen LogP contribution in [0.5, 0.6) is 0 Å². The Morgan fingerprint density at radius 2 is 1.90 bits per heavy atom. The highest BCUT2D eigenvalue weighted by molar-refractivity contribution is 5.69. The zero-order valence-corrected chi connectivity index (χ0v) is 18.2. The number of amides is 1. The normalized spacial score (nSPS) is 19.0. The lowest BCUT2D eigenvalue weighted by atomic mass is 10.0. The number of nitrogens with zero attached hydrogens (tertiary/aromatic N) is 3. The third kappa shape index (κ3) is 5.39. The number of rotatable bonds is 5. The first-order valence-corrected chi connectivity index (χ1v) is 10.2. The van der Waals surface area contributed by atoms with Gasteiger partial charge in [-0.05, 0) is 52.2 Å². The molecule has 0 bridgehead atoms. The molecular weight excluding hydrogens is 411 g/mol. The summed E-state index contributed by atoms with van der Waals surface area (Å²) in [5.74, 6) is -1.51. The van der Waals surface area contributed by atoms with Crippen molar-refractivity contribution >= 4 is 6.09 Å². The number of halogens is 3. The lowest BCUT2D eigenvalue weighted by molar-refractivity contribution is 0.0135. The standard InChI is InChI=1S/C22H28F3N3O3/c1-22(2,3)31-21(30)28(17-6-5-14(23)10-17)11-19-18(12-29)20(27(4)26-19)13-7-15(24)9-16(25)8-13/h7-9,14,17,29H,5-6,10-12H2,1-4H3/t14-,17+/m1/s1. The maximum absolute atomic E-state index is 13.9. The highest BCUT2D eigenvalue weighted by Gasteiger charge is 2.35. The van der Waals surface area contributed by atoms with Crippen LogP contribution >= 0.6 is 0 Å². The summed E-state index contributed by atoms with van der Waals surface area (Å²) >= 11 is 0. The van der Waals surface area contributed by atoms with Crippen LogP contribution in [-0.2, 0) is 24.9 Å². The molecule has 6 nitrogen and oxygen atoms in total. The van der Waals surface area contributed by atoms with E-state index in [1.54, 1.807) is 27.8 Å². The van der Waals surface area contributed by atoms with Crippen molar-refractivity contribution in [3.05, 3.63) is 41.1 Å². The van der Waals surface area contributed by atoms with Crippen LogP contribution in [-0.4, -0.2) is 43.7 Å². The van der Waals surface area contributed by atoms with Crippen LogP contribution in [0.4, 0.5) is 18.0 Å². The second-order valence-corrected chi connectivity index (χ2v) is 8.89. The molecule has 1 aliphatic carbocycles. The zero-order valence-electron chi connectivity index (χ0n) is 18.2. The first-order valence-electron chi connectivity index (χ1n) is 10.2. The lowest BCUT2D eigenvalue weighted by Crippen LogP contribution is -2.42. The number of aromatic nitrogens is 2. The monoisotopic (exact) mass is 439 g/mol. The summed E-state index contributed by atoms with van der Waals surface area (Å²) in [5.41, 5.74) is 0.525. The minimum atomic E-state index is -0.998. The van der Waals surface area contributed by atoms with E-state index >= 15 is 0 Å². The molecule has 1 amide bonds. The molecule has 9 heteroatoms. The molecule has 0 aliphatic heterocycles. The van der Waals surface area contributed by atoms with Gasteiger partial charge in [-0.2, -0.15) is 5.10 Å². The molecule has 0 unspecified atom stereocenters. The summed E-state index contributed by atoms with van der Waals surface area (Å²) < 4.78 is 48.3. The van der Waals surface area contributed by atoms with Gasteiger partial charge in [-0.15, -0.1) is 0 Å². The number of aliphatic hydroxyl groups is 1. The predicted octanol–water partition coefficient (Wildman–Crippen LogP) is 4.49. The molecule has 1 aromatic carbocycles. The molecule has 1 aromatic heterocycles. The van der Waals surface area contributed by atoms with Crippen LogP contribution in [0.15, 0.2) is 18.2 Å². The minimum Gasteiger partial charge on any atom is -0.444 e. The molecular formula is C22H28F3N3O3. The molecule has 0 radical (unpaired) electrons. The fourth-order valence-electron chi connectivity index (χ4n) is 3.98. The Morgan fingerprint density at radius 3 is 2.42 bits per heavy atom. The molecule has 1 aliphatic rings. The average Bonchev–Trinajstić information content (AvgIpc) is 3.19. The molecule has 1 saturated carbocycles. The van der Waals surface area contributed by atoms with E-state index in [-0.39, 0.29) is 24.6 Å². The Labute approximate surface area is 179 Å². The second-order valence-electron chi connectivity index (χ2n) is 8.89. The van der Waals surface area contributed by atoms with E-state index < -0.39 is 36.1 Å². The van der Waals surface area contributed by atoms with Crippen molar-refractivity contribution in [1.29, 1.82) is 0 Å². The SMILES string of the molecule is Cn1nc(CN(C(=O)OC(C)(C)C)[C@H]2CC[C@@H](F)C2)c(CO)c1-c1cc(F)cc(F)c1. The number of aliphatic hydroxyl groups excluding tert-OH is 1. The smallest absolute Gasteiger partial charge is 0.410 e. The second kappa shape index (κ2) is 8.90. The molecule has 170 valence electrons. The number of ether oxygens (including phenoxy) is 1. The summed E-state index contributed by atoms with van der Waals surface area (Å²) in [4.78, 5) is 14.3. The number of hydrogen-bond donors (Lipinski definition) is 1. The van der Waals surface area contributed by atoms with Gasteiger partial charge in [-0.1, -0.05) is 0 Å². The van der Waals surface area contributed by atoms with Crippen molar-refractivity contribution in [2.24, 2.45) is 7.05 Å². The fourth-order valence-corrected chi connectivity index (χ4v) is 3.98. The number of alkyl halides is 1. The highest BCUT2D eigenvalue weighted by atomic mass is 19.1. The average molecular weight is 439 g/mol.